The maximum atomic E-state index is 12.3. The van der Waals surface area contributed by atoms with E-state index in [1.165, 1.54) is 16.2 Å². The standard InChI is InChI=1S/C16H12BrClN4OS/c1-22(15(23)19-13-4-2-3-12(18)9-13)16-21-20-14(24-16)10-5-7-11(17)8-6-10/h2-9H,1H3,(H,19,23). The summed E-state index contributed by atoms with van der Waals surface area (Å²) in [5.41, 5.74) is 1.57. The van der Waals surface area contributed by atoms with Crippen LogP contribution in [-0.4, -0.2) is 23.3 Å². The molecule has 3 aromatic rings. The Hall–Kier alpha value is -1.96. The fourth-order valence-corrected chi connectivity index (χ4v) is 3.19. The van der Waals surface area contributed by atoms with Crippen LogP contribution in [-0.2, 0) is 0 Å². The lowest BCUT2D eigenvalue weighted by Crippen LogP contribution is -2.31. The van der Waals surface area contributed by atoms with Crippen LogP contribution in [0.15, 0.2) is 53.0 Å². The summed E-state index contributed by atoms with van der Waals surface area (Å²) < 4.78 is 0.994. The van der Waals surface area contributed by atoms with Crippen molar-refractivity contribution in [2.24, 2.45) is 0 Å². The number of nitrogens with one attached hydrogen (secondary N) is 1. The van der Waals surface area contributed by atoms with Crippen molar-refractivity contribution in [1.82, 2.24) is 10.2 Å². The van der Waals surface area contributed by atoms with Crippen molar-refractivity contribution >= 4 is 55.7 Å². The van der Waals surface area contributed by atoms with E-state index in [-0.39, 0.29) is 6.03 Å². The average Bonchev–Trinajstić information content (AvgIpc) is 3.04. The van der Waals surface area contributed by atoms with Gasteiger partial charge >= 0.3 is 6.03 Å². The van der Waals surface area contributed by atoms with E-state index in [2.05, 4.69) is 31.4 Å². The molecule has 1 heterocycles. The van der Waals surface area contributed by atoms with Gasteiger partial charge in [0.1, 0.15) is 5.01 Å². The Morgan fingerprint density at radius 1 is 1.21 bits per heavy atom. The van der Waals surface area contributed by atoms with Gasteiger partial charge in [-0.25, -0.2) is 4.79 Å². The Balaban J connectivity index is 1.74. The number of carbonyl (C=O) groups excluding carboxylic acids is 1. The number of anilines is 2. The number of nitrogens with zero attached hydrogens (tertiary/aromatic N) is 3. The molecule has 0 saturated heterocycles. The lowest BCUT2D eigenvalue weighted by atomic mass is 10.2. The van der Waals surface area contributed by atoms with Crippen molar-refractivity contribution in [1.29, 1.82) is 0 Å². The summed E-state index contributed by atoms with van der Waals surface area (Å²) >= 11 is 10.7. The summed E-state index contributed by atoms with van der Waals surface area (Å²) in [5, 5.41) is 12.8. The van der Waals surface area contributed by atoms with E-state index in [1.54, 1.807) is 31.3 Å². The molecule has 0 aliphatic rings. The zero-order chi connectivity index (χ0) is 17.1. The molecule has 0 saturated carbocycles. The molecule has 2 amide bonds. The maximum absolute atomic E-state index is 12.3. The number of hydrogen-bond acceptors (Lipinski definition) is 4. The normalized spacial score (nSPS) is 10.5. The van der Waals surface area contributed by atoms with Crippen molar-refractivity contribution in [2.45, 2.75) is 0 Å². The minimum absolute atomic E-state index is 0.309. The molecule has 0 unspecified atom stereocenters. The number of rotatable bonds is 3. The summed E-state index contributed by atoms with van der Waals surface area (Å²) in [6.07, 6.45) is 0. The number of amides is 2. The SMILES string of the molecule is CN(C(=O)Nc1cccc(Cl)c1)c1nnc(-c2ccc(Br)cc2)s1. The van der Waals surface area contributed by atoms with E-state index in [9.17, 15) is 4.79 Å². The highest BCUT2D eigenvalue weighted by atomic mass is 79.9. The van der Waals surface area contributed by atoms with Gasteiger partial charge in [0.05, 0.1) is 0 Å². The summed E-state index contributed by atoms with van der Waals surface area (Å²) in [4.78, 5) is 13.7. The Labute approximate surface area is 156 Å². The Morgan fingerprint density at radius 3 is 2.67 bits per heavy atom. The van der Waals surface area contributed by atoms with Gasteiger partial charge in [0, 0.05) is 27.8 Å². The third-order valence-corrected chi connectivity index (χ3v) is 4.99. The first-order chi connectivity index (χ1) is 11.5. The van der Waals surface area contributed by atoms with Gasteiger partial charge in [-0.1, -0.05) is 57.1 Å². The molecule has 0 aliphatic heterocycles. The van der Waals surface area contributed by atoms with Crippen molar-refractivity contribution in [3.05, 3.63) is 58.0 Å². The van der Waals surface area contributed by atoms with Crippen LogP contribution in [0, 0.1) is 0 Å². The first-order valence-electron chi connectivity index (χ1n) is 6.92. The van der Waals surface area contributed by atoms with Crippen LogP contribution in [0.25, 0.3) is 10.6 Å². The number of carbonyl (C=O) groups is 1. The van der Waals surface area contributed by atoms with E-state index >= 15 is 0 Å². The molecule has 24 heavy (non-hydrogen) atoms. The Kier molecular flexibility index (Phi) is 5.13. The molecule has 122 valence electrons. The molecule has 0 fully saturated rings. The molecule has 0 aliphatic carbocycles. The predicted molar refractivity (Wildman–Crippen MR) is 102 cm³/mol. The zero-order valence-electron chi connectivity index (χ0n) is 12.5. The second-order valence-corrected chi connectivity index (χ2v) is 7.20. The number of halogens is 2. The summed E-state index contributed by atoms with van der Waals surface area (Å²) in [5.74, 6) is 0. The van der Waals surface area contributed by atoms with Crippen molar-refractivity contribution in [3.8, 4) is 10.6 Å². The predicted octanol–water partition coefficient (Wildman–Crippen LogP) is 5.29. The lowest BCUT2D eigenvalue weighted by molar-refractivity contribution is 0.258. The maximum Gasteiger partial charge on any atom is 0.327 e. The van der Waals surface area contributed by atoms with E-state index in [4.69, 9.17) is 11.6 Å². The van der Waals surface area contributed by atoms with Gasteiger partial charge in [-0.15, -0.1) is 10.2 Å². The van der Waals surface area contributed by atoms with Gasteiger partial charge in [-0.3, -0.25) is 4.90 Å². The fraction of sp³-hybridized carbons (Fsp3) is 0.0625. The van der Waals surface area contributed by atoms with Crippen molar-refractivity contribution < 1.29 is 4.79 Å². The second kappa shape index (κ2) is 7.29. The Morgan fingerprint density at radius 2 is 1.96 bits per heavy atom. The first kappa shape index (κ1) is 16.9. The van der Waals surface area contributed by atoms with Crippen LogP contribution in [0.2, 0.25) is 5.02 Å². The van der Waals surface area contributed by atoms with Gasteiger partial charge in [0.2, 0.25) is 5.13 Å². The monoisotopic (exact) mass is 422 g/mol. The summed E-state index contributed by atoms with van der Waals surface area (Å²) in [7, 11) is 1.64. The molecular formula is C16H12BrClN4OS. The van der Waals surface area contributed by atoms with Crippen LogP contribution in [0.5, 0.6) is 0 Å². The average molecular weight is 424 g/mol. The van der Waals surface area contributed by atoms with E-state index in [1.807, 2.05) is 24.3 Å². The van der Waals surface area contributed by atoms with E-state index in [0.29, 0.717) is 15.8 Å². The minimum Gasteiger partial charge on any atom is -0.307 e. The number of urea groups is 1. The van der Waals surface area contributed by atoms with Gasteiger partial charge in [0.25, 0.3) is 0 Å². The van der Waals surface area contributed by atoms with E-state index < -0.39 is 0 Å². The second-order valence-electron chi connectivity index (χ2n) is 4.90. The molecule has 5 nitrogen and oxygen atoms in total. The van der Waals surface area contributed by atoms with Crippen LogP contribution in [0.1, 0.15) is 0 Å². The van der Waals surface area contributed by atoms with Crippen LogP contribution >= 0.6 is 38.9 Å². The highest BCUT2D eigenvalue weighted by Gasteiger charge is 2.16. The number of aromatic nitrogens is 2. The Bertz CT molecular complexity index is 869. The third kappa shape index (κ3) is 3.92. The minimum atomic E-state index is -0.309. The largest absolute Gasteiger partial charge is 0.327 e. The molecule has 8 heteroatoms. The highest BCUT2D eigenvalue weighted by Crippen LogP contribution is 2.29. The van der Waals surface area contributed by atoms with Crippen molar-refractivity contribution in [2.75, 3.05) is 17.3 Å². The van der Waals surface area contributed by atoms with Gasteiger partial charge in [-0.05, 0) is 30.3 Å². The van der Waals surface area contributed by atoms with Crippen LogP contribution in [0.3, 0.4) is 0 Å². The fourth-order valence-electron chi connectivity index (χ4n) is 1.92. The lowest BCUT2D eigenvalue weighted by Gasteiger charge is -2.14. The summed E-state index contributed by atoms with van der Waals surface area (Å²) in [6, 6.07) is 14.4. The smallest absolute Gasteiger partial charge is 0.307 e. The molecular weight excluding hydrogens is 412 g/mol. The molecule has 0 atom stereocenters. The highest BCUT2D eigenvalue weighted by molar-refractivity contribution is 9.10. The molecule has 2 aromatic carbocycles. The topological polar surface area (TPSA) is 58.1 Å². The quantitative estimate of drug-likeness (QED) is 0.623. The molecule has 0 bridgehead atoms. The molecule has 0 spiro atoms. The van der Waals surface area contributed by atoms with Crippen LogP contribution < -0.4 is 10.2 Å². The number of benzene rings is 2. The summed E-state index contributed by atoms with van der Waals surface area (Å²) in [6.45, 7) is 0. The molecule has 1 aromatic heterocycles. The number of hydrogen-bond donors (Lipinski definition) is 1. The zero-order valence-corrected chi connectivity index (χ0v) is 15.7. The van der Waals surface area contributed by atoms with E-state index in [0.717, 1.165) is 15.0 Å². The van der Waals surface area contributed by atoms with Gasteiger partial charge in [-0.2, -0.15) is 0 Å². The third-order valence-electron chi connectivity index (χ3n) is 3.17. The molecule has 0 radical (unpaired) electrons. The first-order valence-corrected chi connectivity index (χ1v) is 8.91. The van der Waals surface area contributed by atoms with Gasteiger partial charge in [0.15, 0.2) is 0 Å². The molecule has 3 rings (SSSR count). The van der Waals surface area contributed by atoms with Gasteiger partial charge < -0.3 is 5.32 Å². The molecule has 1 N–H and O–H groups in total. The van der Waals surface area contributed by atoms with Crippen molar-refractivity contribution in [3.63, 3.8) is 0 Å². The van der Waals surface area contributed by atoms with Crippen LogP contribution in [0.4, 0.5) is 15.6 Å².